The predicted molar refractivity (Wildman–Crippen MR) is 112 cm³/mol. The Morgan fingerprint density at radius 1 is 0.939 bits per heavy atom. The number of nitro benzene ring substituents is 1. The van der Waals surface area contributed by atoms with Gasteiger partial charge in [-0.1, -0.05) is 5.16 Å². The fraction of sp³-hybridized carbons (Fsp3) is 0.348. The van der Waals surface area contributed by atoms with Crippen molar-refractivity contribution in [1.29, 1.82) is 0 Å². The fourth-order valence-corrected chi connectivity index (χ4v) is 6.40. The Morgan fingerprint density at radius 3 is 2.42 bits per heavy atom. The molecule has 6 unspecified atom stereocenters. The van der Waals surface area contributed by atoms with Gasteiger partial charge in [0.25, 0.3) is 5.69 Å². The van der Waals surface area contributed by atoms with Crippen LogP contribution in [0.5, 0.6) is 11.5 Å². The summed E-state index contributed by atoms with van der Waals surface area (Å²) in [6, 6.07) is 11.3. The van der Waals surface area contributed by atoms with Gasteiger partial charge >= 0.3 is 0 Å². The van der Waals surface area contributed by atoms with E-state index in [1.54, 1.807) is 30.3 Å². The number of carbonyl (C=O) groups is 2. The predicted octanol–water partition coefficient (Wildman–Crippen LogP) is 2.50. The van der Waals surface area contributed by atoms with E-state index in [1.165, 1.54) is 17.0 Å². The molecule has 2 amide bonds. The highest BCUT2D eigenvalue weighted by molar-refractivity contribution is 6.23. The number of imide groups is 1. The number of nitrogens with zero attached hydrogens (tertiary/aromatic N) is 3. The van der Waals surface area contributed by atoms with Crippen molar-refractivity contribution in [3.63, 3.8) is 0 Å². The van der Waals surface area contributed by atoms with E-state index >= 15 is 0 Å². The van der Waals surface area contributed by atoms with Crippen LogP contribution in [0.15, 0.2) is 47.6 Å². The van der Waals surface area contributed by atoms with E-state index in [0.717, 1.165) is 12.0 Å². The van der Waals surface area contributed by atoms with Crippen LogP contribution in [0.4, 0.5) is 11.4 Å². The highest BCUT2D eigenvalue weighted by Crippen LogP contribution is 2.62. The standard InChI is InChI=1S/C23H17N3O7/c27-22-17-13-8-14(18(17)23(28)25(22)12-5-6-15-16(7-12)32-9-31-15)21-19(13)20(24-33-21)10-1-3-11(4-2-10)26(29)30/h1-7,13-14,17-19,21H,8-9H2. The molecule has 0 radical (unpaired) electrons. The molecule has 2 saturated carbocycles. The maximum absolute atomic E-state index is 13.5. The third kappa shape index (κ3) is 2.35. The summed E-state index contributed by atoms with van der Waals surface area (Å²) in [5.41, 5.74) is 1.92. The molecule has 2 aromatic rings. The quantitative estimate of drug-likeness (QED) is 0.403. The average Bonchev–Trinajstić information content (AvgIpc) is 3.61. The summed E-state index contributed by atoms with van der Waals surface area (Å²) in [6.07, 6.45) is 0.457. The van der Waals surface area contributed by atoms with Crippen LogP contribution < -0.4 is 14.4 Å². The normalized spacial score (nSPS) is 32.6. The maximum atomic E-state index is 13.5. The second kappa shape index (κ2) is 6.31. The summed E-state index contributed by atoms with van der Waals surface area (Å²) in [6.45, 7) is 0.113. The number of hydrogen-bond acceptors (Lipinski definition) is 8. The first kappa shape index (κ1) is 18.6. The first-order chi connectivity index (χ1) is 16.0. The molecular formula is C23H17N3O7. The van der Waals surface area contributed by atoms with Gasteiger partial charge in [-0.25, -0.2) is 4.90 Å². The molecule has 0 aromatic heterocycles. The Labute approximate surface area is 186 Å². The number of benzene rings is 2. The summed E-state index contributed by atoms with van der Waals surface area (Å²) in [4.78, 5) is 44.5. The first-order valence-electron chi connectivity index (χ1n) is 10.8. The van der Waals surface area contributed by atoms with Gasteiger partial charge in [-0.3, -0.25) is 19.7 Å². The van der Waals surface area contributed by atoms with Crippen LogP contribution in [-0.2, 0) is 14.4 Å². The molecular weight excluding hydrogens is 430 g/mol. The molecule has 3 fully saturated rings. The van der Waals surface area contributed by atoms with Gasteiger partial charge in [0.1, 0.15) is 6.10 Å². The number of nitro groups is 1. The van der Waals surface area contributed by atoms with Gasteiger partial charge < -0.3 is 14.3 Å². The molecule has 3 aliphatic heterocycles. The Bertz CT molecular complexity index is 1270. The summed E-state index contributed by atoms with van der Waals surface area (Å²) in [5, 5.41) is 15.3. The van der Waals surface area contributed by atoms with E-state index in [9.17, 15) is 19.7 Å². The molecule has 166 valence electrons. The third-order valence-electron chi connectivity index (χ3n) is 7.68. The number of carbonyl (C=O) groups excluding carboxylic acids is 2. The maximum Gasteiger partial charge on any atom is 0.269 e. The topological polar surface area (TPSA) is 121 Å². The number of rotatable bonds is 3. The molecule has 5 aliphatic rings. The fourth-order valence-electron chi connectivity index (χ4n) is 6.40. The van der Waals surface area contributed by atoms with Crippen LogP contribution in [0.1, 0.15) is 12.0 Å². The second-order valence-corrected chi connectivity index (χ2v) is 9.04. The summed E-state index contributed by atoms with van der Waals surface area (Å²) < 4.78 is 10.8. The number of ether oxygens (including phenoxy) is 2. The number of hydrogen-bond donors (Lipinski definition) is 0. The molecule has 3 heterocycles. The van der Waals surface area contributed by atoms with Crippen LogP contribution in [0.2, 0.25) is 0 Å². The van der Waals surface area contributed by atoms with Crippen molar-refractivity contribution in [2.45, 2.75) is 12.5 Å². The smallest absolute Gasteiger partial charge is 0.269 e. The molecule has 10 nitrogen and oxygen atoms in total. The molecule has 0 N–H and O–H groups in total. The van der Waals surface area contributed by atoms with Crippen molar-refractivity contribution in [2.24, 2.45) is 34.7 Å². The lowest BCUT2D eigenvalue weighted by Crippen LogP contribution is -2.41. The van der Waals surface area contributed by atoms with Gasteiger partial charge in [0, 0.05) is 35.6 Å². The largest absolute Gasteiger partial charge is 0.454 e. The molecule has 33 heavy (non-hydrogen) atoms. The Balaban J connectivity index is 1.21. The van der Waals surface area contributed by atoms with Crippen LogP contribution in [-0.4, -0.2) is 35.3 Å². The summed E-state index contributed by atoms with van der Waals surface area (Å²) in [7, 11) is 0. The van der Waals surface area contributed by atoms with E-state index in [2.05, 4.69) is 5.16 Å². The van der Waals surface area contributed by atoms with E-state index < -0.39 is 16.8 Å². The van der Waals surface area contributed by atoms with Gasteiger partial charge in [-0.05, 0) is 36.6 Å². The van der Waals surface area contributed by atoms with E-state index in [1.807, 2.05) is 0 Å². The summed E-state index contributed by atoms with van der Waals surface area (Å²) in [5.74, 6) is -0.458. The number of anilines is 1. The van der Waals surface area contributed by atoms with Crippen molar-refractivity contribution in [3.8, 4) is 11.5 Å². The van der Waals surface area contributed by atoms with Crippen LogP contribution in [0.3, 0.4) is 0 Å². The zero-order valence-electron chi connectivity index (χ0n) is 17.1. The van der Waals surface area contributed by atoms with Crippen molar-refractivity contribution >= 4 is 28.9 Å². The van der Waals surface area contributed by atoms with Gasteiger partial charge in [0.15, 0.2) is 11.5 Å². The molecule has 2 aromatic carbocycles. The lowest BCUT2D eigenvalue weighted by atomic mass is 9.71. The first-order valence-corrected chi connectivity index (χ1v) is 10.8. The van der Waals surface area contributed by atoms with Crippen LogP contribution in [0.25, 0.3) is 0 Å². The SMILES string of the molecule is O=C1C2C3CC(C4C(c5ccc([N+](=O)[O-])cc5)=NOC34)C2C(=O)N1c1ccc2c(c1)OCO2. The molecule has 0 spiro atoms. The van der Waals surface area contributed by atoms with E-state index in [0.29, 0.717) is 22.9 Å². The zero-order chi connectivity index (χ0) is 22.4. The van der Waals surface area contributed by atoms with Crippen molar-refractivity contribution in [3.05, 3.63) is 58.1 Å². The van der Waals surface area contributed by atoms with Crippen molar-refractivity contribution < 1.29 is 28.8 Å². The van der Waals surface area contributed by atoms with Crippen LogP contribution in [0, 0.1) is 39.7 Å². The van der Waals surface area contributed by atoms with Gasteiger partial charge in [0.2, 0.25) is 18.6 Å². The van der Waals surface area contributed by atoms with Gasteiger partial charge in [-0.2, -0.15) is 0 Å². The van der Waals surface area contributed by atoms with Crippen molar-refractivity contribution in [1.82, 2.24) is 0 Å². The zero-order valence-corrected chi connectivity index (χ0v) is 17.1. The number of non-ortho nitro benzene ring substituents is 1. The van der Waals surface area contributed by atoms with Gasteiger partial charge in [0.05, 0.1) is 28.2 Å². The van der Waals surface area contributed by atoms with E-state index in [-0.39, 0.29) is 48.2 Å². The minimum absolute atomic E-state index is 0.00115. The molecule has 10 heteroatoms. The molecule has 2 bridgehead atoms. The number of fused-ring (bicyclic) bond motifs is 9. The van der Waals surface area contributed by atoms with Gasteiger partial charge in [-0.15, -0.1) is 0 Å². The number of amides is 2. The molecule has 1 saturated heterocycles. The highest BCUT2D eigenvalue weighted by Gasteiger charge is 2.70. The molecule has 6 atom stereocenters. The van der Waals surface area contributed by atoms with Crippen molar-refractivity contribution in [2.75, 3.05) is 11.7 Å². The van der Waals surface area contributed by atoms with Crippen LogP contribution >= 0.6 is 0 Å². The third-order valence-corrected chi connectivity index (χ3v) is 7.68. The lowest BCUT2D eigenvalue weighted by Gasteiger charge is -2.29. The number of oxime groups is 1. The van der Waals surface area contributed by atoms with E-state index in [4.69, 9.17) is 14.3 Å². The minimum Gasteiger partial charge on any atom is -0.454 e. The Kier molecular flexibility index (Phi) is 3.56. The minimum atomic E-state index is -0.449. The lowest BCUT2D eigenvalue weighted by molar-refractivity contribution is -0.384. The Hall–Kier alpha value is -3.95. The average molecular weight is 447 g/mol. The highest BCUT2D eigenvalue weighted by atomic mass is 16.7. The Morgan fingerprint density at radius 2 is 1.67 bits per heavy atom. The summed E-state index contributed by atoms with van der Waals surface area (Å²) >= 11 is 0. The monoisotopic (exact) mass is 447 g/mol. The molecule has 7 rings (SSSR count). The second-order valence-electron chi connectivity index (χ2n) is 9.04. The molecule has 2 aliphatic carbocycles.